The number of nitrogens with one attached hydrogen (secondary N) is 1. The molecule has 2 saturated heterocycles. The molecule has 0 saturated carbocycles. The fourth-order valence-corrected chi connectivity index (χ4v) is 3.39. The van der Waals surface area contributed by atoms with Gasteiger partial charge in [0.2, 0.25) is 5.88 Å². The number of nitrogens with zero attached hydrogens (tertiary/aromatic N) is 3. The topological polar surface area (TPSA) is 50.3 Å². The van der Waals surface area contributed by atoms with Crippen LogP contribution in [-0.2, 0) is 0 Å². The van der Waals surface area contributed by atoms with Gasteiger partial charge < -0.3 is 15.0 Å². The minimum atomic E-state index is 0.689. The van der Waals surface area contributed by atoms with Gasteiger partial charge in [0.25, 0.3) is 0 Å². The number of hydrogen-bond donors (Lipinski definition) is 1. The van der Waals surface area contributed by atoms with Gasteiger partial charge in [-0.3, -0.25) is 0 Å². The second-order valence-electron chi connectivity index (χ2n) is 5.53. The average molecular weight is 262 g/mol. The second-order valence-corrected chi connectivity index (χ2v) is 5.53. The molecule has 0 aromatic carbocycles. The monoisotopic (exact) mass is 262 g/mol. The van der Waals surface area contributed by atoms with Crippen LogP contribution in [-0.4, -0.2) is 42.8 Å². The summed E-state index contributed by atoms with van der Waals surface area (Å²) in [6.07, 6.45) is 5.43. The van der Waals surface area contributed by atoms with Crippen molar-refractivity contribution in [1.29, 1.82) is 0 Å². The summed E-state index contributed by atoms with van der Waals surface area (Å²) >= 11 is 0. The number of hydrogen-bond acceptors (Lipinski definition) is 5. The summed E-state index contributed by atoms with van der Waals surface area (Å²) in [5.74, 6) is 2.48. The lowest BCUT2D eigenvalue weighted by molar-refractivity contribution is 0.243. The molecule has 1 aromatic rings. The summed E-state index contributed by atoms with van der Waals surface area (Å²) in [6.45, 7) is 5.38. The molecule has 2 unspecified atom stereocenters. The fraction of sp³-hybridized carbons (Fsp3) is 0.714. The number of ether oxygens (including phenoxy) is 1. The van der Waals surface area contributed by atoms with Gasteiger partial charge in [0, 0.05) is 19.1 Å². The molecule has 2 aliphatic heterocycles. The van der Waals surface area contributed by atoms with E-state index in [1.54, 1.807) is 13.4 Å². The normalized spacial score (nSPS) is 26.9. The molecule has 0 aliphatic carbocycles. The maximum Gasteiger partial charge on any atom is 0.221 e. The van der Waals surface area contributed by atoms with Crippen LogP contribution in [0.5, 0.6) is 5.88 Å². The highest BCUT2D eigenvalue weighted by molar-refractivity contribution is 5.50. The predicted molar refractivity (Wildman–Crippen MR) is 74.7 cm³/mol. The Morgan fingerprint density at radius 1 is 1.37 bits per heavy atom. The van der Waals surface area contributed by atoms with Crippen LogP contribution in [0.1, 0.15) is 24.8 Å². The molecule has 2 aliphatic rings. The lowest BCUT2D eigenvalue weighted by Crippen LogP contribution is -2.52. The minimum absolute atomic E-state index is 0.689. The molecule has 1 N–H and O–H groups in total. The highest BCUT2D eigenvalue weighted by atomic mass is 16.5. The highest BCUT2D eigenvalue weighted by Crippen LogP contribution is 2.30. The van der Waals surface area contributed by atoms with E-state index < -0.39 is 0 Å². The Morgan fingerprint density at radius 3 is 3.11 bits per heavy atom. The Bertz CT molecular complexity index is 451. The molecule has 5 heteroatoms. The van der Waals surface area contributed by atoms with Crippen molar-refractivity contribution in [3.8, 4) is 5.88 Å². The molecule has 0 amide bonds. The lowest BCUT2D eigenvalue weighted by Gasteiger charge is -2.42. The smallest absolute Gasteiger partial charge is 0.221 e. The third kappa shape index (κ3) is 2.39. The first-order chi connectivity index (χ1) is 9.29. The Labute approximate surface area is 114 Å². The van der Waals surface area contributed by atoms with Crippen molar-refractivity contribution < 1.29 is 4.74 Å². The first-order valence-electron chi connectivity index (χ1n) is 7.13. The van der Waals surface area contributed by atoms with Crippen molar-refractivity contribution in [3.05, 3.63) is 11.9 Å². The Balaban J connectivity index is 1.79. The standard InChI is InChI=1S/C14H22N4O/c1-10-13(16-9-17-14(10)19-2)18-7-5-12-11(8-18)4-3-6-15-12/h9,11-12,15H,3-8H2,1-2H3. The molecule has 0 spiro atoms. The van der Waals surface area contributed by atoms with Crippen LogP contribution in [0.3, 0.4) is 0 Å². The van der Waals surface area contributed by atoms with Gasteiger partial charge in [0.1, 0.15) is 12.1 Å². The summed E-state index contributed by atoms with van der Waals surface area (Å²) in [6, 6.07) is 0.703. The summed E-state index contributed by atoms with van der Waals surface area (Å²) in [5, 5.41) is 3.65. The van der Waals surface area contributed by atoms with E-state index in [-0.39, 0.29) is 0 Å². The molecule has 19 heavy (non-hydrogen) atoms. The number of methoxy groups -OCH3 is 1. The molecular weight excluding hydrogens is 240 g/mol. The largest absolute Gasteiger partial charge is 0.481 e. The molecule has 0 radical (unpaired) electrons. The van der Waals surface area contributed by atoms with Crippen LogP contribution >= 0.6 is 0 Å². The SMILES string of the molecule is COc1ncnc(N2CCC3NCCCC3C2)c1C. The minimum Gasteiger partial charge on any atom is -0.481 e. The van der Waals surface area contributed by atoms with E-state index in [1.807, 2.05) is 6.92 Å². The van der Waals surface area contributed by atoms with E-state index in [2.05, 4.69) is 20.2 Å². The van der Waals surface area contributed by atoms with Crippen LogP contribution in [0, 0.1) is 12.8 Å². The van der Waals surface area contributed by atoms with Crippen LogP contribution in [0.15, 0.2) is 6.33 Å². The van der Waals surface area contributed by atoms with Crippen molar-refractivity contribution in [3.63, 3.8) is 0 Å². The average Bonchev–Trinajstić information content (AvgIpc) is 2.47. The van der Waals surface area contributed by atoms with Crippen molar-refractivity contribution in [2.75, 3.05) is 31.6 Å². The van der Waals surface area contributed by atoms with Crippen molar-refractivity contribution >= 4 is 5.82 Å². The number of fused-ring (bicyclic) bond motifs is 1. The fourth-order valence-electron chi connectivity index (χ4n) is 3.39. The predicted octanol–water partition coefficient (Wildman–Crippen LogP) is 1.37. The summed E-state index contributed by atoms with van der Waals surface area (Å²) < 4.78 is 5.29. The Morgan fingerprint density at radius 2 is 2.26 bits per heavy atom. The van der Waals surface area contributed by atoms with Gasteiger partial charge in [-0.2, -0.15) is 0 Å². The Hall–Kier alpha value is -1.36. The molecule has 0 bridgehead atoms. The maximum absolute atomic E-state index is 5.29. The van der Waals surface area contributed by atoms with Gasteiger partial charge in [-0.05, 0) is 38.6 Å². The highest BCUT2D eigenvalue weighted by Gasteiger charge is 2.32. The molecule has 5 nitrogen and oxygen atoms in total. The maximum atomic E-state index is 5.29. The number of rotatable bonds is 2. The zero-order valence-corrected chi connectivity index (χ0v) is 11.7. The third-order valence-corrected chi connectivity index (χ3v) is 4.40. The first-order valence-corrected chi connectivity index (χ1v) is 7.13. The molecule has 2 atom stereocenters. The molecule has 3 heterocycles. The van der Waals surface area contributed by atoms with Crippen LogP contribution in [0.25, 0.3) is 0 Å². The van der Waals surface area contributed by atoms with Gasteiger partial charge in [0.05, 0.1) is 12.7 Å². The second kappa shape index (κ2) is 5.33. The van der Waals surface area contributed by atoms with Gasteiger partial charge in [-0.15, -0.1) is 0 Å². The van der Waals surface area contributed by atoms with Crippen molar-refractivity contribution in [1.82, 2.24) is 15.3 Å². The van der Waals surface area contributed by atoms with E-state index in [1.165, 1.54) is 25.8 Å². The zero-order chi connectivity index (χ0) is 13.2. The first kappa shape index (κ1) is 12.7. The van der Waals surface area contributed by atoms with Crippen LogP contribution in [0.4, 0.5) is 5.82 Å². The number of aromatic nitrogens is 2. The molecule has 3 rings (SSSR count). The quantitative estimate of drug-likeness (QED) is 0.872. The Kier molecular flexibility index (Phi) is 3.55. The van der Waals surface area contributed by atoms with Gasteiger partial charge >= 0.3 is 0 Å². The zero-order valence-electron chi connectivity index (χ0n) is 11.7. The van der Waals surface area contributed by atoms with E-state index in [0.29, 0.717) is 11.9 Å². The number of piperidine rings is 2. The molecular formula is C14H22N4O. The molecule has 1 aromatic heterocycles. The van der Waals surface area contributed by atoms with Crippen LogP contribution in [0.2, 0.25) is 0 Å². The van der Waals surface area contributed by atoms with Crippen LogP contribution < -0.4 is 15.0 Å². The van der Waals surface area contributed by atoms with Gasteiger partial charge in [-0.1, -0.05) is 0 Å². The summed E-state index contributed by atoms with van der Waals surface area (Å²) in [4.78, 5) is 11.0. The molecule has 2 fully saturated rings. The number of anilines is 1. The van der Waals surface area contributed by atoms with Gasteiger partial charge in [0.15, 0.2) is 0 Å². The van der Waals surface area contributed by atoms with E-state index in [0.717, 1.165) is 30.4 Å². The third-order valence-electron chi connectivity index (χ3n) is 4.40. The van der Waals surface area contributed by atoms with Crippen molar-refractivity contribution in [2.45, 2.75) is 32.2 Å². The van der Waals surface area contributed by atoms with E-state index in [4.69, 9.17) is 4.74 Å². The van der Waals surface area contributed by atoms with E-state index >= 15 is 0 Å². The van der Waals surface area contributed by atoms with Crippen molar-refractivity contribution in [2.24, 2.45) is 5.92 Å². The lowest BCUT2D eigenvalue weighted by atomic mass is 9.85. The summed E-state index contributed by atoms with van der Waals surface area (Å²) in [5.41, 5.74) is 1.05. The molecule has 104 valence electrons. The summed E-state index contributed by atoms with van der Waals surface area (Å²) in [7, 11) is 1.66. The van der Waals surface area contributed by atoms with E-state index in [9.17, 15) is 0 Å². The van der Waals surface area contributed by atoms with Gasteiger partial charge in [-0.25, -0.2) is 9.97 Å².